The van der Waals surface area contributed by atoms with Gasteiger partial charge >= 0.3 is 5.97 Å². The van der Waals surface area contributed by atoms with Gasteiger partial charge in [0.2, 0.25) is 0 Å². The highest BCUT2D eigenvalue weighted by Gasteiger charge is 2.11. The van der Waals surface area contributed by atoms with Gasteiger partial charge in [-0.25, -0.2) is 4.79 Å². The van der Waals surface area contributed by atoms with Crippen LogP contribution in [-0.2, 0) is 4.79 Å². The van der Waals surface area contributed by atoms with E-state index in [1.54, 1.807) is 18.2 Å². The number of rotatable bonds is 5. The van der Waals surface area contributed by atoms with Crippen LogP contribution in [0.15, 0.2) is 65.1 Å². The quantitative estimate of drug-likeness (QED) is 0.338. The highest BCUT2D eigenvalue weighted by atomic mass is 79.9. The van der Waals surface area contributed by atoms with Crippen molar-refractivity contribution < 1.29 is 14.3 Å². The van der Waals surface area contributed by atoms with Crippen LogP contribution in [0.2, 0.25) is 5.02 Å². The third-order valence-corrected chi connectivity index (χ3v) is 5.25. The Morgan fingerprint density at radius 1 is 0.963 bits per heavy atom. The molecule has 3 aromatic rings. The topological polar surface area (TPSA) is 35.5 Å². The lowest BCUT2D eigenvalue weighted by Gasteiger charge is -2.11. The summed E-state index contributed by atoms with van der Waals surface area (Å²) in [4.78, 5) is 12.1. The Balaban J connectivity index is 1.64. The van der Waals surface area contributed by atoms with E-state index in [1.165, 1.54) is 0 Å². The average molecular weight is 446 g/mol. The molecule has 0 unspecified atom stereocenters. The average Bonchev–Trinajstić information content (AvgIpc) is 2.66. The maximum Gasteiger partial charge on any atom is 0.349 e. The number of hydrogen-bond donors (Lipinski definition) is 0. The van der Waals surface area contributed by atoms with Gasteiger partial charge in [0.05, 0.1) is 4.47 Å². The number of hydrogen-bond acceptors (Lipinski definition) is 3. The Kier molecular flexibility index (Phi) is 6.19. The Morgan fingerprint density at radius 2 is 1.63 bits per heavy atom. The summed E-state index contributed by atoms with van der Waals surface area (Å²) in [6.45, 7) is 3.60. The second-order valence-electron chi connectivity index (χ2n) is 6.15. The molecule has 5 heteroatoms. The molecule has 0 bridgehead atoms. The van der Waals surface area contributed by atoms with Crippen molar-refractivity contribution in [1.82, 2.24) is 0 Å². The molecule has 0 aliphatic carbocycles. The van der Waals surface area contributed by atoms with Crippen LogP contribution >= 0.6 is 27.5 Å². The zero-order chi connectivity index (χ0) is 19.4. The standard InChI is InChI=1S/C22H18BrClO3/c1-14-10-18(11-15(2)22(14)24)26-13-21(25)27-20-9-8-17(12-19(20)23)16-6-4-3-5-7-16/h3-12H,13H2,1-2H3. The Hall–Kier alpha value is -2.30. The molecular weight excluding hydrogens is 428 g/mol. The normalized spacial score (nSPS) is 10.5. The first-order valence-electron chi connectivity index (χ1n) is 8.39. The Morgan fingerprint density at radius 3 is 2.26 bits per heavy atom. The van der Waals surface area contributed by atoms with Crippen LogP contribution in [0.1, 0.15) is 11.1 Å². The van der Waals surface area contributed by atoms with Crippen molar-refractivity contribution in [3.05, 3.63) is 81.3 Å². The number of aryl methyl sites for hydroxylation is 2. The molecule has 138 valence electrons. The zero-order valence-corrected chi connectivity index (χ0v) is 17.3. The maximum atomic E-state index is 12.1. The van der Waals surface area contributed by atoms with Crippen LogP contribution < -0.4 is 9.47 Å². The fraction of sp³-hybridized carbons (Fsp3) is 0.136. The van der Waals surface area contributed by atoms with Gasteiger partial charge in [0.1, 0.15) is 11.5 Å². The lowest BCUT2D eigenvalue weighted by atomic mass is 10.1. The van der Waals surface area contributed by atoms with E-state index < -0.39 is 5.97 Å². The summed E-state index contributed by atoms with van der Waals surface area (Å²) in [7, 11) is 0. The second-order valence-corrected chi connectivity index (χ2v) is 7.38. The van der Waals surface area contributed by atoms with Crippen LogP contribution in [0.25, 0.3) is 11.1 Å². The molecule has 0 fully saturated rings. The fourth-order valence-electron chi connectivity index (χ4n) is 2.68. The Bertz CT molecular complexity index is 948. The molecule has 0 aliphatic rings. The molecule has 0 saturated heterocycles. The van der Waals surface area contributed by atoms with Crippen LogP contribution in [0, 0.1) is 13.8 Å². The molecular formula is C22H18BrClO3. The minimum absolute atomic E-state index is 0.187. The molecule has 0 amide bonds. The highest BCUT2D eigenvalue weighted by Crippen LogP contribution is 2.31. The number of esters is 1. The predicted molar refractivity (Wildman–Crippen MR) is 112 cm³/mol. The number of ether oxygens (including phenoxy) is 2. The number of carbonyl (C=O) groups is 1. The van der Waals surface area contributed by atoms with Crippen LogP contribution in [-0.4, -0.2) is 12.6 Å². The molecule has 3 nitrogen and oxygen atoms in total. The monoisotopic (exact) mass is 444 g/mol. The molecule has 3 rings (SSSR count). The highest BCUT2D eigenvalue weighted by molar-refractivity contribution is 9.10. The fourth-order valence-corrected chi connectivity index (χ4v) is 3.25. The van der Waals surface area contributed by atoms with Crippen molar-refractivity contribution in [2.45, 2.75) is 13.8 Å². The molecule has 0 atom stereocenters. The summed E-state index contributed by atoms with van der Waals surface area (Å²) in [6.07, 6.45) is 0. The number of benzene rings is 3. The molecule has 0 N–H and O–H groups in total. The van der Waals surface area contributed by atoms with Crippen LogP contribution in [0.5, 0.6) is 11.5 Å². The molecule has 0 radical (unpaired) electrons. The van der Waals surface area contributed by atoms with Gasteiger partial charge in [-0.05, 0) is 76.3 Å². The van der Waals surface area contributed by atoms with E-state index in [-0.39, 0.29) is 6.61 Å². The van der Waals surface area contributed by atoms with Gasteiger partial charge in [-0.1, -0.05) is 48.0 Å². The van der Waals surface area contributed by atoms with E-state index in [1.807, 2.05) is 56.3 Å². The summed E-state index contributed by atoms with van der Waals surface area (Å²) in [5.74, 6) is 0.560. The molecule has 0 aliphatic heterocycles. The number of halogens is 2. The van der Waals surface area contributed by atoms with Gasteiger partial charge in [-0.3, -0.25) is 0 Å². The van der Waals surface area contributed by atoms with Gasteiger partial charge in [0.15, 0.2) is 6.61 Å². The summed E-state index contributed by atoms with van der Waals surface area (Å²) in [5.41, 5.74) is 3.93. The van der Waals surface area contributed by atoms with Crippen molar-refractivity contribution in [1.29, 1.82) is 0 Å². The van der Waals surface area contributed by atoms with Crippen molar-refractivity contribution >= 4 is 33.5 Å². The second kappa shape index (κ2) is 8.59. The van der Waals surface area contributed by atoms with Crippen molar-refractivity contribution in [3.63, 3.8) is 0 Å². The number of carbonyl (C=O) groups excluding carboxylic acids is 1. The third-order valence-electron chi connectivity index (χ3n) is 4.03. The molecule has 0 aromatic heterocycles. The zero-order valence-electron chi connectivity index (χ0n) is 15.0. The largest absolute Gasteiger partial charge is 0.482 e. The molecule has 0 spiro atoms. The first kappa shape index (κ1) is 19.5. The van der Waals surface area contributed by atoms with E-state index >= 15 is 0 Å². The summed E-state index contributed by atoms with van der Waals surface area (Å²) >= 11 is 9.60. The van der Waals surface area contributed by atoms with Crippen LogP contribution in [0.4, 0.5) is 0 Å². The van der Waals surface area contributed by atoms with Crippen LogP contribution in [0.3, 0.4) is 0 Å². The van der Waals surface area contributed by atoms with Crippen molar-refractivity contribution in [2.24, 2.45) is 0 Å². The first-order chi connectivity index (χ1) is 12.9. The smallest absolute Gasteiger partial charge is 0.349 e. The van der Waals surface area contributed by atoms with Gasteiger partial charge in [-0.15, -0.1) is 0 Å². The molecule has 27 heavy (non-hydrogen) atoms. The van der Waals surface area contributed by atoms with Crippen molar-refractivity contribution in [3.8, 4) is 22.6 Å². The lowest BCUT2D eigenvalue weighted by Crippen LogP contribution is -2.18. The maximum absolute atomic E-state index is 12.1. The summed E-state index contributed by atoms with van der Waals surface area (Å²) in [6, 6.07) is 19.2. The molecule has 3 aromatic carbocycles. The van der Waals surface area contributed by atoms with E-state index in [2.05, 4.69) is 15.9 Å². The minimum atomic E-state index is -0.478. The SMILES string of the molecule is Cc1cc(OCC(=O)Oc2ccc(-c3ccccc3)cc2Br)cc(C)c1Cl. The molecule has 0 heterocycles. The molecule has 0 saturated carbocycles. The summed E-state index contributed by atoms with van der Waals surface area (Å²) < 4.78 is 11.7. The van der Waals surface area contributed by atoms with Gasteiger partial charge in [-0.2, -0.15) is 0 Å². The van der Waals surface area contributed by atoms with Crippen molar-refractivity contribution in [2.75, 3.05) is 6.61 Å². The third kappa shape index (κ3) is 4.90. The Labute approximate surface area is 172 Å². The van der Waals surface area contributed by atoms with E-state index in [0.717, 1.165) is 22.3 Å². The van der Waals surface area contributed by atoms with E-state index in [0.29, 0.717) is 21.0 Å². The summed E-state index contributed by atoms with van der Waals surface area (Å²) in [5, 5.41) is 0.701. The van der Waals surface area contributed by atoms with Gasteiger partial charge in [0, 0.05) is 5.02 Å². The minimum Gasteiger partial charge on any atom is -0.482 e. The van der Waals surface area contributed by atoms with Gasteiger partial charge in [0.25, 0.3) is 0 Å². The van der Waals surface area contributed by atoms with Gasteiger partial charge < -0.3 is 9.47 Å². The lowest BCUT2D eigenvalue weighted by molar-refractivity contribution is -0.136. The van der Waals surface area contributed by atoms with E-state index in [4.69, 9.17) is 21.1 Å². The first-order valence-corrected chi connectivity index (χ1v) is 9.56. The van der Waals surface area contributed by atoms with E-state index in [9.17, 15) is 4.79 Å². The predicted octanol–water partition coefficient (Wildman–Crippen LogP) is 6.37.